The highest BCUT2D eigenvalue weighted by Crippen LogP contribution is 2.29. The molecule has 1 saturated heterocycles. The number of halogens is 1. The monoisotopic (exact) mass is 380 g/mol. The summed E-state index contributed by atoms with van der Waals surface area (Å²) < 4.78 is 32.6. The number of nitrogens with zero attached hydrogens (tertiary/aromatic N) is 2. The Morgan fingerprint density at radius 3 is 2.36 bits per heavy atom. The molecule has 3 rings (SSSR count). The summed E-state index contributed by atoms with van der Waals surface area (Å²) in [7, 11) is -1.89. The van der Waals surface area contributed by atoms with E-state index in [-0.39, 0.29) is 4.90 Å². The SMILES string of the molecule is COc1ccccc1N1CCN(S(=O)(=O)c2ccc(C)c(Cl)c2)CC1. The minimum Gasteiger partial charge on any atom is -0.495 e. The van der Waals surface area contributed by atoms with E-state index in [2.05, 4.69) is 4.90 Å². The van der Waals surface area contributed by atoms with Crippen LogP contribution in [0, 0.1) is 6.92 Å². The number of sulfonamides is 1. The smallest absolute Gasteiger partial charge is 0.243 e. The maximum atomic E-state index is 12.8. The lowest BCUT2D eigenvalue weighted by Crippen LogP contribution is -2.48. The lowest BCUT2D eigenvalue weighted by molar-refractivity contribution is 0.378. The minimum absolute atomic E-state index is 0.244. The summed E-state index contributed by atoms with van der Waals surface area (Å²) in [5.74, 6) is 0.795. The molecule has 1 heterocycles. The van der Waals surface area contributed by atoms with Gasteiger partial charge in [0.1, 0.15) is 5.75 Å². The van der Waals surface area contributed by atoms with Crippen molar-refractivity contribution in [2.45, 2.75) is 11.8 Å². The fraction of sp³-hybridized carbons (Fsp3) is 0.333. The number of hydrogen-bond acceptors (Lipinski definition) is 4. The van der Waals surface area contributed by atoms with Crippen molar-refractivity contribution < 1.29 is 13.2 Å². The zero-order valence-electron chi connectivity index (χ0n) is 14.3. The molecule has 0 saturated carbocycles. The largest absolute Gasteiger partial charge is 0.495 e. The third-order valence-electron chi connectivity index (χ3n) is 4.45. The number of hydrogen-bond donors (Lipinski definition) is 0. The van der Waals surface area contributed by atoms with Gasteiger partial charge < -0.3 is 9.64 Å². The lowest BCUT2D eigenvalue weighted by Gasteiger charge is -2.36. The number of aryl methyl sites for hydroxylation is 1. The average molecular weight is 381 g/mol. The van der Waals surface area contributed by atoms with Gasteiger partial charge in [0.25, 0.3) is 0 Å². The van der Waals surface area contributed by atoms with Crippen molar-refractivity contribution in [2.75, 3.05) is 38.2 Å². The van der Waals surface area contributed by atoms with Crippen LogP contribution in [0.4, 0.5) is 5.69 Å². The summed E-state index contributed by atoms with van der Waals surface area (Å²) in [6.07, 6.45) is 0. The highest BCUT2D eigenvalue weighted by molar-refractivity contribution is 7.89. The van der Waals surface area contributed by atoms with Crippen LogP contribution >= 0.6 is 11.6 Å². The molecule has 0 aromatic heterocycles. The van der Waals surface area contributed by atoms with Crippen LogP contribution in [0.25, 0.3) is 0 Å². The van der Waals surface area contributed by atoms with Gasteiger partial charge in [-0.1, -0.05) is 29.8 Å². The summed E-state index contributed by atoms with van der Waals surface area (Å²) >= 11 is 6.09. The molecule has 0 bridgehead atoms. The summed E-state index contributed by atoms with van der Waals surface area (Å²) in [4.78, 5) is 2.39. The van der Waals surface area contributed by atoms with Crippen LogP contribution in [-0.2, 0) is 10.0 Å². The molecule has 0 aliphatic carbocycles. The van der Waals surface area contributed by atoms with Crippen molar-refractivity contribution in [1.29, 1.82) is 0 Å². The van der Waals surface area contributed by atoms with Crippen LogP contribution in [0.15, 0.2) is 47.4 Å². The van der Waals surface area contributed by atoms with E-state index in [0.717, 1.165) is 17.0 Å². The van der Waals surface area contributed by atoms with Gasteiger partial charge >= 0.3 is 0 Å². The fourth-order valence-electron chi connectivity index (χ4n) is 2.94. The van der Waals surface area contributed by atoms with E-state index in [9.17, 15) is 8.42 Å². The highest BCUT2D eigenvalue weighted by Gasteiger charge is 2.29. The summed E-state index contributed by atoms with van der Waals surface area (Å²) in [6.45, 7) is 3.92. The second-order valence-electron chi connectivity index (χ2n) is 5.97. The molecule has 25 heavy (non-hydrogen) atoms. The Hall–Kier alpha value is -1.76. The maximum absolute atomic E-state index is 12.8. The Morgan fingerprint density at radius 2 is 1.72 bits per heavy atom. The normalized spacial score (nSPS) is 16.0. The van der Waals surface area contributed by atoms with Crippen LogP contribution < -0.4 is 9.64 Å². The average Bonchev–Trinajstić information content (AvgIpc) is 2.64. The molecule has 1 fully saturated rings. The number of piperazine rings is 1. The molecule has 0 radical (unpaired) electrons. The van der Waals surface area contributed by atoms with Crippen LogP contribution in [0.5, 0.6) is 5.75 Å². The quantitative estimate of drug-likeness (QED) is 0.817. The summed E-state index contributed by atoms with van der Waals surface area (Å²) in [5.41, 5.74) is 1.85. The Bertz CT molecular complexity index is 862. The first-order valence-corrected chi connectivity index (χ1v) is 9.89. The molecule has 134 valence electrons. The molecule has 5 nitrogen and oxygen atoms in total. The van der Waals surface area contributed by atoms with Gasteiger partial charge in [-0.3, -0.25) is 0 Å². The molecule has 0 unspecified atom stereocenters. The van der Waals surface area contributed by atoms with Gasteiger partial charge in [-0.25, -0.2) is 8.42 Å². The zero-order valence-corrected chi connectivity index (χ0v) is 15.8. The van der Waals surface area contributed by atoms with Gasteiger partial charge in [-0.05, 0) is 36.8 Å². The van der Waals surface area contributed by atoms with E-state index in [1.54, 1.807) is 19.2 Å². The number of benzene rings is 2. The van der Waals surface area contributed by atoms with Gasteiger partial charge in [-0.2, -0.15) is 4.31 Å². The maximum Gasteiger partial charge on any atom is 0.243 e. The first-order valence-electron chi connectivity index (χ1n) is 8.08. The second kappa shape index (κ2) is 7.23. The van der Waals surface area contributed by atoms with Gasteiger partial charge in [0.05, 0.1) is 17.7 Å². The summed E-state index contributed by atoms with van der Waals surface area (Å²) in [5, 5.41) is 0.466. The van der Waals surface area contributed by atoms with Gasteiger partial charge in [-0.15, -0.1) is 0 Å². The number of rotatable bonds is 4. The summed E-state index contributed by atoms with van der Waals surface area (Å²) in [6, 6.07) is 12.7. The molecule has 2 aromatic carbocycles. The lowest BCUT2D eigenvalue weighted by atomic mass is 10.2. The Labute approximate surface area is 153 Å². The van der Waals surface area contributed by atoms with Crippen molar-refractivity contribution >= 4 is 27.3 Å². The number of methoxy groups -OCH3 is 1. The van der Waals surface area contributed by atoms with Crippen molar-refractivity contribution in [3.05, 3.63) is 53.1 Å². The molecular weight excluding hydrogens is 360 g/mol. The van der Waals surface area contributed by atoms with Crippen molar-refractivity contribution in [1.82, 2.24) is 4.31 Å². The minimum atomic E-state index is -3.53. The Kier molecular flexibility index (Phi) is 5.22. The van der Waals surface area contributed by atoms with E-state index in [1.807, 2.05) is 31.2 Å². The fourth-order valence-corrected chi connectivity index (χ4v) is 4.64. The third kappa shape index (κ3) is 3.61. The van der Waals surface area contributed by atoms with Crippen LogP contribution in [-0.4, -0.2) is 46.0 Å². The van der Waals surface area contributed by atoms with Gasteiger partial charge in [0.15, 0.2) is 0 Å². The highest BCUT2D eigenvalue weighted by atomic mass is 35.5. The van der Waals surface area contributed by atoms with Crippen molar-refractivity contribution in [2.24, 2.45) is 0 Å². The number of anilines is 1. The van der Waals surface area contributed by atoms with E-state index >= 15 is 0 Å². The predicted molar refractivity (Wildman–Crippen MR) is 100 cm³/mol. The van der Waals surface area contributed by atoms with E-state index in [4.69, 9.17) is 16.3 Å². The second-order valence-corrected chi connectivity index (χ2v) is 8.32. The third-order valence-corrected chi connectivity index (χ3v) is 6.75. The van der Waals surface area contributed by atoms with Crippen LogP contribution in [0.2, 0.25) is 5.02 Å². The number of ether oxygens (including phenoxy) is 1. The van der Waals surface area contributed by atoms with Crippen LogP contribution in [0.3, 0.4) is 0 Å². The van der Waals surface area contributed by atoms with E-state index < -0.39 is 10.0 Å². The molecular formula is C18H21ClN2O3S. The standard InChI is InChI=1S/C18H21ClN2O3S/c1-14-7-8-15(13-16(14)19)25(22,23)21-11-9-20(10-12-21)17-5-3-4-6-18(17)24-2/h3-8,13H,9-12H2,1-2H3. The van der Waals surface area contributed by atoms with E-state index in [1.165, 1.54) is 10.4 Å². The zero-order chi connectivity index (χ0) is 18.0. The molecule has 0 spiro atoms. The molecule has 0 N–H and O–H groups in total. The molecule has 1 aliphatic heterocycles. The molecule has 2 aromatic rings. The molecule has 0 atom stereocenters. The Morgan fingerprint density at radius 1 is 1.04 bits per heavy atom. The predicted octanol–water partition coefficient (Wildman–Crippen LogP) is 3.17. The topological polar surface area (TPSA) is 49.9 Å². The van der Waals surface area contributed by atoms with E-state index in [0.29, 0.717) is 31.2 Å². The van der Waals surface area contributed by atoms with Crippen LogP contribution in [0.1, 0.15) is 5.56 Å². The number of para-hydroxylation sites is 2. The molecule has 1 aliphatic rings. The van der Waals surface area contributed by atoms with Gasteiger partial charge in [0, 0.05) is 31.2 Å². The van der Waals surface area contributed by atoms with Crippen molar-refractivity contribution in [3.63, 3.8) is 0 Å². The first-order chi connectivity index (χ1) is 11.9. The van der Waals surface area contributed by atoms with Crippen molar-refractivity contribution in [3.8, 4) is 5.75 Å². The van der Waals surface area contributed by atoms with Gasteiger partial charge in [0.2, 0.25) is 10.0 Å². The molecule has 0 amide bonds. The first kappa shape index (κ1) is 18.0. The Balaban J connectivity index is 1.76. The molecule has 7 heteroatoms.